The quantitative estimate of drug-likeness (QED) is 0.792. The lowest BCUT2D eigenvalue weighted by molar-refractivity contribution is 0.678. The first-order valence-corrected chi connectivity index (χ1v) is 6.34. The second kappa shape index (κ2) is 4.82. The third-order valence-electron chi connectivity index (χ3n) is 2.51. The van der Waals surface area contributed by atoms with Gasteiger partial charge in [-0.3, -0.25) is 5.41 Å². The van der Waals surface area contributed by atoms with Gasteiger partial charge in [-0.25, -0.2) is 0 Å². The Labute approximate surface area is 109 Å². The SMILES string of the molecule is CN1C(=N)CS/C1=C(/C#N)c1ccc(Cl)cc1. The fourth-order valence-electron chi connectivity index (χ4n) is 1.55. The molecule has 0 bridgehead atoms. The van der Waals surface area contributed by atoms with Crippen molar-refractivity contribution in [2.24, 2.45) is 0 Å². The second-order valence-electron chi connectivity index (χ2n) is 3.59. The summed E-state index contributed by atoms with van der Waals surface area (Å²) in [5.41, 5.74) is 1.43. The summed E-state index contributed by atoms with van der Waals surface area (Å²) in [4.78, 5) is 1.75. The third kappa shape index (κ3) is 2.31. The lowest BCUT2D eigenvalue weighted by Crippen LogP contribution is -2.18. The van der Waals surface area contributed by atoms with E-state index in [0.717, 1.165) is 10.6 Å². The highest BCUT2D eigenvalue weighted by Gasteiger charge is 2.23. The number of thioether (sulfide) groups is 1. The second-order valence-corrected chi connectivity index (χ2v) is 4.99. The van der Waals surface area contributed by atoms with Crippen LogP contribution >= 0.6 is 23.4 Å². The van der Waals surface area contributed by atoms with Crippen LogP contribution in [0.25, 0.3) is 5.57 Å². The fraction of sp³-hybridized carbons (Fsp3) is 0.167. The molecule has 1 saturated heterocycles. The summed E-state index contributed by atoms with van der Waals surface area (Å²) >= 11 is 7.34. The van der Waals surface area contributed by atoms with Gasteiger partial charge in [-0.05, 0) is 17.7 Å². The summed E-state index contributed by atoms with van der Waals surface area (Å²) in [5, 5.41) is 18.4. The molecule has 1 fully saturated rings. The molecule has 0 radical (unpaired) electrons. The monoisotopic (exact) mass is 263 g/mol. The molecule has 1 heterocycles. The van der Waals surface area contributed by atoms with Crippen LogP contribution in [0, 0.1) is 16.7 Å². The summed E-state index contributed by atoms with van der Waals surface area (Å²) in [5.74, 6) is 1.14. The van der Waals surface area contributed by atoms with Crippen LogP contribution in [-0.4, -0.2) is 23.5 Å². The summed E-state index contributed by atoms with van der Waals surface area (Å²) in [6, 6.07) is 9.38. The first-order chi connectivity index (χ1) is 8.13. The van der Waals surface area contributed by atoms with E-state index in [1.54, 1.807) is 17.0 Å². The molecule has 17 heavy (non-hydrogen) atoms. The van der Waals surface area contributed by atoms with E-state index in [1.165, 1.54) is 11.8 Å². The van der Waals surface area contributed by atoms with Gasteiger partial charge in [-0.2, -0.15) is 5.26 Å². The smallest absolute Gasteiger partial charge is 0.111 e. The standard InChI is InChI=1S/C12H10ClN3S/c1-16-11(15)7-17-12(16)10(6-14)8-2-4-9(13)5-3-8/h2-5,15H,7H2,1H3/b12-10-,15-11?. The normalized spacial score (nSPS) is 18.2. The van der Waals surface area contributed by atoms with Gasteiger partial charge in [0.25, 0.3) is 0 Å². The molecule has 0 aromatic heterocycles. The van der Waals surface area contributed by atoms with E-state index in [-0.39, 0.29) is 0 Å². The molecule has 0 unspecified atom stereocenters. The zero-order valence-corrected chi connectivity index (χ0v) is 10.8. The van der Waals surface area contributed by atoms with Gasteiger partial charge >= 0.3 is 0 Å². The number of allylic oxidation sites excluding steroid dienone is 1. The average Bonchev–Trinajstić information content (AvgIpc) is 2.65. The van der Waals surface area contributed by atoms with Crippen molar-refractivity contribution in [3.05, 3.63) is 39.9 Å². The molecule has 0 aliphatic carbocycles. The summed E-state index contributed by atoms with van der Waals surface area (Å²) in [7, 11) is 1.81. The van der Waals surface area contributed by atoms with Gasteiger partial charge in [-0.15, -0.1) is 0 Å². The van der Waals surface area contributed by atoms with Crippen LogP contribution in [0.1, 0.15) is 5.56 Å². The molecule has 1 N–H and O–H groups in total. The van der Waals surface area contributed by atoms with E-state index in [0.29, 0.717) is 22.2 Å². The fourth-order valence-corrected chi connectivity index (χ4v) is 2.75. The van der Waals surface area contributed by atoms with Gasteiger partial charge in [0.2, 0.25) is 0 Å². The predicted molar refractivity (Wildman–Crippen MR) is 71.9 cm³/mol. The average molecular weight is 264 g/mol. The Hall–Kier alpha value is -1.44. The number of amidine groups is 1. The topological polar surface area (TPSA) is 50.9 Å². The Morgan fingerprint density at radius 2 is 2.12 bits per heavy atom. The van der Waals surface area contributed by atoms with Gasteiger partial charge < -0.3 is 4.90 Å². The minimum absolute atomic E-state index is 0.520. The molecule has 2 rings (SSSR count). The Morgan fingerprint density at radius 1 is 1.47 bits per heavy atom. The summed E-state index contributed by atoms with van der Waals surface area (Å²) in [6.45, 7) is 0. The van der Waals surface area contributed by atoms with E-state index in [4.69, 9.17) is 17.0 Å². The molecule has 5 heteroatoms. The number of hydrogen-bond donors (Lipinski definition) is 1. The molecule has 1 aliphatic rings. The van der Waals surface area contributed by atoms with Gasteiger partial charge in [0.15, 0.2) is 0 Å². The largest absolute Gasteiger partial charge is 0.326 e. The van der Waals surface area contributed by atoms with Crippen LogP contribution in [0.3, 0.4) is 0 Å². The number of nitrogens with zero attached hydrogens (tertiary/aromatic N) is 2. The van der Waals surface area contributed by atoms with Crippen molar-refractivity contribution in [1.82, 2.24) is 4.90 Å². The molecule has 0 amide bonds. The van der Waals surface area contributed by atoms with E-state index in [2.05, 4.69) is 6.07 Å². The molecule has 0 saturated carbocycles. The van der Waals surface area contributed by atoms with Gasteiger partial charge in [-0.1, -0.05) is 35.5 Å². The molecule has 86 valence electrons. The lowest BCUT2D eigenvalue weighted by Gasteiger charge is -2.13. The zero-order valence-electron chi connectivity index (χ0n) is 9.20. The Morgan fingerprint density at radius 3 is 2.59 bits per heavy atom. The van der Waals surface area contributed by atoms with E-state index in [1.807, 2.05) is 19.2 Å². The molecule has 3 nitrogen and oxygen atoms in total. The number of nitrogens with one attached hydrogen (secondary N) is 1. The molecular weight excluding hydrogens is 254 g/mol. The summed E-state index contributed by atoms with van der Waals surface area (Å²) in [6.07, 6.45) is 0. The van der Waals surface area contributed by atoms with Crippen molar-refractivity contribution in [3.63, 3.8) is 0 Å². The highest BCUT2D eigenvalue weighted by Crippen LogP contribution is 2.34. The molecule has 0 atom stereocenters. The third-order valence-corrected chi connectivity index (χ3v) is 3.93. The number of benzene rings is 1. The maximum absolute atomic E-state index is 9.26. The van der Waals surface area contributed by atoms with Crippen LogP contribution in [-0.2, 0) is 0 Å². The minimum Gasteiger partial charge on any atom is -0.326 e. The van der Waals surface area contributed by atoms with E-state index >= 15 is 0 Å². The highest BCUT2D eigenvalue weighted by molar-refractivity contribution is 8.04. The van der Waals surface area contributed by atoms with Crippen LogP contribution in [0.15, 0.2) is 29.3 Å². The van der Waals surface area contributed by atoms with Crippen LogP contribution in [0.5, 0.6) is 0 Å². The van der Waals surface area contributed by atoms with Gasteiger partial charge in [0, 0.05) is 12.1 Å². The maximum Gasteiger partial charge on any atom is 0.111 e. The van der Waals surface area contributed by atoms with Crippen molar-refractivity contribution in [1.29, 1.82) is 10.7 Å². The Bertz CT molecular complexity index is 528. The first kappa shape index (κ1) is 12.0. The van der Waals surface area contributed by atoms with Crippen LogP contribution in [0.2, 0.25) is 5.02 Å². The molecule has 1 aromatic carbocycles. The van der Waals surface area contributed by atoms with E-state index in [9.17, 15) is 5.26 Å². The minimum atomic E-state index is 0.520. The first-order valence-electron chi connectivity index (χ1n) is 4.97. The van der Waals surface area contributed by atoms with Crippen molar-refractivity contribution < 1.29 is 0 Å². The van der Waals surface area contributed by atoms with Crippen molar-refractivity contribution in [2.45, 2.75) is 0 Å². The molecule has 1 aliphatic heterocycles. The molecule has 1 aromatic rings. The Balaban J connectivity index is 2.47. The number of halogens is 1. The van der Waals surface area contributed by atoms with E-state index < -0.39 is 0 Å². The Kier molecular flexibility index (Phi) is 3.41. The maximum atomic E-state index is 9.26. The van der Waals surface area contributed by atoms with Gasteiger partial charge in [0.1, 0.15) is 11.9 Å². The predicted octanol–water partition coefficient (Wildman–Crippen LogP) is 3.19. The number of hydrogen-bond acceptors (Lipinski definition) is 3. The molecular formula is C12H10ClN3S. The van der Waals surface area contributed by atoms with Gasteiger partial charge in [0.05, 0.1) is 16.4 Å². The van der Waals surface area contributed by atoms with Crippen molar-refractivity contribution in [2.75, 3.05) is 12.8 Å². The lowest BCUT2D eigenvalue weighted by atomic mass is 10.1. The molecule has 0 spiro atoms. The van der Waals surface area contributed by atoms with Crippen molar-refractivity contribution in [3.8, 4) is 6.07 Å². The zero-order chi connectivity index (χ0) is 12.4. The van der Waals surface area contributed by atoms with Crippen molar-refractivity contribution >= 4 is 34.8 Å². The summed E-state index contributed by atoms with van der Waals surface area (Å²) < 4.78 is 0. The van der Waals surface area contributed by atoms with Crippen LogP contribution < -0.4 is 0 Å². The van der Waals surface area contributed by atoms with Crippen LogP contribution in [0.4, 0.5) is 0 Å². The number of nitriles is 1. The highest BCUT2D eigenvalue weighted by atomic mass is 35.5. The number of rotatable bonds is 1.